The maximum absolute atomic E-state index is 12.8. The molecule has 1 aliphatic heterocycles. The van der Waals surface area contributed by atoms with Crippen LogP contribution in [-0.2, 0) is 15.1 Å². The van der Waals surface area contributed by atoms with Gasteiger partial charge in [0.2, 0.25) is 5.91 Å². The summed E-state index contributed by atoms with van der Waals surface area (Å²) >= 11 is 0. The van der Waals surface area contributed by atoms with E-state index < -0.39 is 23.4 Å². The molecule has 128 valence electrons. The molecule has 6 nitrogen and oxygen atoms in total. The summed E-state index contributed by atoms with van der Waals surface area (Å²) in [5.74, 6) is -0.862. The standard InChI is InChI=1S/C19H19N3O3/c1-13-8-6-7-11-15(13)20-16(23)12-22-17(24)19(2,21-18(22)25)14-9-4-3-5-10-14/h3-11H,12H2,1-2H3,(H,20,23)(H,21,25)/t19-/m1/s1. The molecule has 2 aromatic carbocycles. The Hall–Kier alpha value is -3.15. The number of carbonyl (C=O) groups is 3. The first kappa shape index (κ1) is 16.7. The average Bonchev–Trinajstić information content (AvgIpc) is 2.82. The quantitative estimate of drug-likeness (QED) is 0.841. The highest BCUT2D eigenvalue weighted by Gasteiger charge is 2.49. The lowest BCUT2D eigenvalue weighted by Crippen LogP contribution is -2.42. The van der Waals surface area contributed by atoms with E-state index in [1.54, 1.807) is 37.3 Å². The van der Waals surface area contributed by atoms with Gasteiger partial charge in [0.05, 0.1) is 0 Å². The van der Waals surface area contributed by atoms with Gasteiger partial charge in [-0.25, -0.2) is 4.79 Å². The minimum atomic E-state index is -1.17. The zero-order valence-corrected chi connectivity index (χ0v) is 14.1. The second-order valence-electron chi connectivity index (χ2n) is 6.18. The second-order valence-corrected chi connectivity index (χ2v) is 6.18. The summed E-state index contributed by atoms with van der Waals surface area (Å²) in [6.45, 7) is 3.18. The molecule has 1 saturated heterocycles. The lowest BCUT2D eigenvalue weighted by Gasteiger charge is -2.22. The van der Waals surface area contributed by atoms with Gasteiger partial charge in [0.25, 0.3) is 5.91 Å². The molecular weight excluding hydrogens is 318 g/mol. The van der Waals surface area contributed by atoms with Crippen LogP contribution in [0.1, 0.15) is 18.1 Å². The molecule has 1 aliphatic rings. The number of nitrogens with zero attached hydrogens (tertiary/aromatic N) is 1. The highest BCUT2D eigenvalue weighted by Crippen LogP contribution is 2.28. The van der Waals surface area contributed by atoms with Crippen LogP contribution in [-0.4, -0.2) is 29.3 Å². The number of imide groups is 1. The number of benzene rings is 2. The summed E-state index contributed by atoms with van der Waals surface area (Å²) in [5.41, 5.74) is 1.07. The zero-order chi connectivity index (χ0) is 18.0. The molecule has 1 atom stereocenters. The fraction of sp³-hybridized carbons (Fsp3) is 0.211. The molecule has 0 radical (unpaired) electrons. The summed E-state index contributed by atoms with van der Waals surface area (Å²) in [5, 5.41) is 5.42. The maximum Gasteiger partial charge on any atom is 0.325 e. The van der Waals surface area contributed by atoms with Gasteiger partial charge in [-0.2, -0.15) is 0 Å². The summed E-state index contributed by atoms with van der Waals surface area (Å²) in [4.78, 5) is 38.2. The van der Waals surface area contributed by atoms with Gasteiger partial charge in [-0.3, -0.25) is 14.5 Å². The first-order chi connectivity index (χ1) is 11.9. The third kappa shape index (κ3) is 3.10. The highest BCUT2D eigenvalue weighted by molar-refractivity contribution is 6.10. The number of amides is 4. The van der Waals surface area contributed by atoms with E-state index in [1.165, 1.54) is 0 Å². The second kappa shape index (κ2) is 6.39. The molecule has 6 heteroatoms. The van der Waals surface area contributed by atoms with E-state index in [2.05, 4.69) is 10.6 Å². The Balaban J connectivity index is 1.75. The molecule has 0 bridgehead atoms. The van der Waals surface area contributed by atoms with Crippen molar-refractivity contribution in [3.63, 3.8) is 0 Å². The molecular formula is C19H19N3O3. The number of aryl methyl sites for hydroxylation is 1. The summed E-state index contributed by atoms with van der Waals surface area (Å²) in [6.07, 6.45) is 0. The SMILES string of the molecule is Cc1ccccc1NC(=O)CN1C(=O)N[C@](C)(c2ccccc2)C1=O. The van der Waals surface area contributed by atoms with E-state index in [-0.39, 0.29) is 6.54 Å². The highest BCUT2D eigenvalue weighted by atomic mass is 16.2. The van der Waals surface area contributed by atoms with Gasteiger partial charge in [0.15, 0.2) is 0 Å². The summed E-state index contributed by atoms with van der Waals surface area (Å²) < 4.78 is 0. The van der Waals surface area contributed by atoms with Crippen LogP contribution in [0.5, 0.6) is 0 Å². The zero-order valence-electron chi connectivity index (χ0n) is 14.1. The molecule has 0 aliphatic carbocycles. The van der Waals surface area contributed by atoms with Gasteiger partial charge >= 0.3 is 6.03 Å². The van der Waals surface area contributed by atoms with Crippen LogP contribution in [0.15, 0.2) is 54.6 Å². The van der Waals surface area contributed by atoms with Crippen molar-refractivity contribution in [2.24, 2.45) is 0 Å². The minimum Gasteiger partial charge on any atom is -0.324 e. The van der Waals surface area contributed by atoms with Crippen molar-refractivity contribution >= 4 is 23.5 Å². The van der Waals surface area contributed by atoms with Crippen molar-refractivity contribution < 1.29 is 14.4 Å². The van der Waals surface area contributed by atoms with Gasteiger partial charge < -0.3 is 10.6 Å². The lowest BCUT2D eigenvalue weighted by atomic mass is 9.92. The molecule has 0 spiro atoms. The van der Waals surface area contributed by atoms with E-state index >= 15 is 0 Å². The molecule has 1 fully saturated rings. The Morgan fingerprint density at radius 2 is 1.72 bits per heavy atom. The first-order valence-electron chi connectivity index (χ1n) is 7.97. The predicted molar refractivity (Wildman–Crippen MR) is 93.8 cm³/mol. The van der Waals surface area contributed by atoms with Crippen LogP contribution in [0.2, 0.25) is 0 Å². The number of hydrogen-bond acceptors (Lipinski definition) is 3. The van der Waals surface area contributed by atoms with E-state index in [0.717, 1.165) is 10.5 Å². The Kier molecular flexibility index (Phi) is 4.27. The lowest BCUT2D eigenvalue weighted by molar-refractivity contribution is -0.133. The Labute approximate surface area is 145 Å². The Morgan fingerprint density at radius 1 is 1.08 bits per heavy atom. The number of hydrogen-bond donors (Lipinski definition) is 2. The number of nitrogens with one attached hydrogen (secondary N) is 2. The molecule has 1 heterocycles. The minimum absolute atomic E-state index is 0.332. The molecule has 25 heavy (non-hydrogen) atoms. The predicted octanol–water partition coefficient (Wildman–Crippen LogP) is 2.40. The van der Waals surface area contributed by atoms with Crippen LogP contribution in [0, 0.1) is 6.92 Å². The Morgan fingerprint density at radius 3 is 2.40 bits per heavy atom. The molecule has 0 saturated carbocycles. The summed E-state index contributed by atoms with van der Waals surface area (Å²) in [6, 6.07) is 15.7. The number of para-hydroxylation sites is 1. The fourth-order valence-corrected chi connectivity index (χ4v) is 2.85. The Bertz CT molecular complexity index is 835. The monoisotopic (exact) mass is 337 g/mol. The average molecular weight is 337 g/mol. The molecule has 2 N–H and O–H groups in total. The van der Waals surface area contributed by atoms with Crippen LogP contribution < -0.4 is 10.6 Å². The van der Waals surface area contributed by atoms with E-state index in [1.807, 2.05) is 31.2 Å². The first-order valence-corrected chi connectivity index (χ1v) is 7.97. The topological polar surface area (TPSA) is 78.5 Å². The number of carbonyl (C=O) groups excluding carboxylic acids is 3. The van der Waals surface area contributed by atoms with E-state index in [4.69, 9.17) is 0 Å². The fourth-order valence-electron chi connectivity index (χ4n) is 2.85. The third-order valence-electron chi connectivity index (χ3n) is 4.35. The molecule has 4 amide bonds. The van der Waals surface area contributed by atoms with Gasteiger partial charge in [-0.05, 0) is 31.0 Å². The van der Waals surface area contributed by atoms with E-state index in [9.17, 15) is 14.4 Å². The van der Waals surface area contributed by atoms with Crippen LogP contribution >= 0.6 is 0 Å². The van der Waals surface area contributed by atoms with Crippen molar-refractivity contribution in [2.75, 3.05) is 11.9 Å². The van der Waals surface area contributed by atoms with Crippen molar-refractivity contribution in [1.82, 2.24) is 10.2 Å². The third-order valence-corrected chi connectivity index (χ3v) is 4.35. The van der Waals surface area contributed by atoms with Crippen molar-refractivity contribution in [1.29, 1.82) is 0 Å². The largest absolute Gasteiger partial charge is 0.325 e. The van der Waals surface area contributed by atoms with Crippen molar-refractivity contribution in [3.05, 3.63) is 65.7 Å². The summed E-state index contributed by atoms with van der Waals surface area (Å²) in [7, 11) is 0. The van der Waals surface area contributed by atoms with Gasteiger partial charge in [-0.1, -0.05) is 48.5 Å². The number of anilines is 1. The van der Waals surface area contributed by atoms with Crippen LogP contribution in [0.25, 0.3) is 0 Å². The van der Waals surface area contributed by atoms with Crippen LogP contribution in [0.4, 0.5) is 10.5 Å². The van der Waals surface area contributed by atoms with Gasteiger partial charge in [0.1, 0.15) is 12.1 Å². The van der Waals surface area contributed by atoms with Crippen molar-refractivity contribution in [3.8, 4) is 0 Å². The molecule has 2 aromatic rings. The molecule has 3 rings (SSSR count). The maximum atomic E-state index is 12.8. The van der Waals surface area contributed by atoms with Crippen LogP contribution in [0.3, 0.4) is 0 Å². The van der Waals surface area contributed by atoms with Gasteiger partial charge in [0, 0.05) is 5.69 Å². The smallest absolute Gasteiger partial charge is 0.324 e. The molecule has 0 aromatic heterocycles. The van der Waals surface area contributed by atoms with Crippen molar-refractivity contribution in [2.45, 2.75) is 19.4 Å². The normalized spacial score (nSPS) is 19.7. The van der Waals surface area contributed by atoms with Gasteiger partial charge in [-0.15, -0.1) is 0 Å². The number of urea groups is 1. The number of rotatable bonds is 4. The van der Waals surface area contributed by atoms with E-state index in [0.29, 0.717) is 11.3 Å². The molecule has 0 unspecified atom stereocenters.